The Labute approximate surface area is 228 Å². The quantitative estimate of drug-likeness (QED) is 0.216. The predicted octanol–water partition coefficient (Wildman–Crippen LogP) is 9.06. The average Bonchev–Trinajstić information content (AvgIpc) is 3.82. The van der Waals surface area contributed by atoms with Crippen molar-refractivity contribution in [2.75, 3.05) is 0 Å². The molecule has 4 aromatic carbocycles. The molecule has 0 unspecified atom stereocenters. The maximum Gasteiger partial charge on any atom is 0.0449 e. The highest BCUT2D eigenvalue weighted by molar-refractivity contribution is 5.81. The fourth-order valence-electron chi connectivity index (χ4n) is 5.13. The third-order valence-electron chi connectivity index (χ3n) is 7.24. The summed E-state index contributed by atoms with van der Waals surface area (Å²) in [6, 6.07) is 45.5. The summed E-state index contributed by atoms with van der Waals surface area (Å²) in [7, 11) is 0. The summed E-state index contributed by atoms with van der Waals surface area (Å²) in [6.45, 7) is 0. The van der Waals surface area contributed by atoms with Crippen LogP contribution in [-0.2, 0) is 0 Å². The Morgan fingerprint density at radius 3 is 0.718 bits per heavy atom. The van der Waals surface area contributed by atoms with Crippen LogP contribution in [0.4, 0.5) is 0 Å². The molecule has 0 saturated heterocycles. The zero-order chi connectivity index (χ0) is 26.0. The summed E-state index contributed by atoms with van der Waals surface area (Å²) in [5, 5.41) is 0. The van der Waals surface area contributed by atoms with Crippen LogP contribution in [0.2, 0.25) is 0 Å². The Morgan fingerprint density at radius 1 is 0.256 bits per heavy atom. The van der Waals surface area contributed by atoms with Gasteiger partial charge in [0.1, 0.15) is 0 Å². The van der Waals surface area contributed by atoms with Crippen molar-refractivity contribution in [3.8, 4) is 50.4 Å². The lowest BCUT2D eigenvalue weighted by atomic mass is 9.93. The van der Waals surface area contributed by atoms with E-state index in [1.165, 1.54) is 33.4 Å². The molecule has 0 atom stereocenters. The number of nitrogens with zero attached hydrogens (tertiary/aromatic N) is 3. The molecule has 0 spiro atoms. The van der Waals surface area contributed by atoms with Gasteiger partial charge in [0.15, 0.2) is 0 Å². The minimum atomic E-state index is 1.15. The van der Waals surface area contributed by atoms with E-state index in [-0.39, 0.29) is 0 Å². The Balaban J connectivity index is 1.30. The van der Waals surface area contributed by atoms with Crippen LogP contribution in [0.1, 0.15) is 0 Å². The van der Waals surface area contributed by atoms with E-state index in [4.69, 9.17) is 0 Å². The first-order valence-corrected chi connectivity index (χ1v) is 13.2. The average molecular weight is 502 g/mol. The maximum absolute atomic E-state index is 2.30. The summed E-state index contributed by atoms with van der Waals surface area (Å²) in [5.74, 6) is 0. The number of hydrogen-bond donors (Lipinski definition) is 0. The lowest BCUT2D eigenvalue weighted by Crippen LogP contribution is -1.92. The van der Waals surface area contributed by atoms with Gasteiger partial charge >= 0.3 is 0 Å². The Kier molecular flexibility index (Phi) is 5.80. The molecular formula is C36H27N3. The molecule has 7 rings (SSSR count). The van der Waals surface area contributed by atoms with Crippen molar-refractivity contribution in [2.24, 2.45) is 0 Å². The molecule has 3 aromatic heterocycles. The van der Waals surface area contributed by atoms with E-state index in [1.807, 2.05) is 36.4 Å². The Hall–Kier alpha value is -5.28. The van der Waals surface area contributed by atoms with E-state index >= 15 is 0 Å². The van der Waals surface area contributed by atoms with Crippen LogP contribution in [0.15, 0.2) is 165 Å². The summed E-state index contributed by atoms with van der Waals surface area (Å²) in [4.78, 5) is 0. The molecule has 0 fully saturated rings. The number of benzene rings is 4. The van der Waals surface area contributed by atoms with Crippen molar-refractivity contribution < 1.29 is 0 Å². The predicted molar refractivity (Wildman–Crippen MR) is 161 cm³/mol. The smallest absolute Gasteiger partial charge is 0.0449 e. The summed E-state index contributed by atoms with van der Waals surface area (Å²) >= 11 is 0. The highest BCUT2D eigenvalue weighted by atomic mass is 14.9. The Bertz CT molecular complexity index is 1560. The van der Waals surface area contributed by atoms with E-state index in [2.05, 4.69) is 142 Å². The van der Waals surface area contributed by atoms with Crippen molar-refractivity contribution >= 4 is 0 Å². The normalized spacial score (nSPS) is 11.1. The van der Waals surface area contributed by atoms with Crippen LogP contribution in [0.5, 0.6) is 0 Å². The van der Waals surface area contributed by atoms with Crippen LogP contribution in [-0.4, -0.2) is 13.7 Å². The van der Waals surface area contributed by atoms with Gasteiger partial charge in [-0.2, -0.15) is 0 Å². The van der Waals surface area contributed by atoms with Gasteiger partial charge in [-0.05, 0) is 124 Å². The first-order valence-electron chi connectivity index (χ1n) is 13.2. The first-order chi connectivity index (χ1) is 19.3. The van der Waals surface area contributed by atoms with E-state index in [1.54, 1.807) is 0 Å². The van der Waals surface area contributed by atoms with Crippen LogP contribution in [0.25, 0.3) is 50.4 Å². The number of rotatable bonds is 6. The summed E-state index contributed by atoms with van der Waals surface area (Å²) < 4.78 is 6.39. The second kappa shape index (κ2) is 9.88. The van der Waals surface area contributed by atoms with Gasteiger partial charge in [-0.25, -0.2) is 0 Å². The molecule has 0 aliphatic carbocycles. The Morgan fingerprint density at radius 2 is 0.487 bits per heavy atom. The van der Waals surface area contributed by atoms with Gasteiger partial charge in [0.05, 0.1) is 0 Å². The molecule has 0 aliphatic heterocycles. The van der Waals surface area contributed by atoms with Crippen LogP contribution in [0.3, 0.4) is 0 Å². The minimum absolute atomic E-state index is 1.15. The zero-order valence-corrected chi connectivity index (χ0v) is 21.4. The molecular weight excluding hydrogens is 474 g/mol. The van der Waals surface area contributed by atoms with Crippen molar-refractivity contribution in [3.05, 3.63) is 165 Å². The van der Waals surface area contributed by atoms with Gasteiger partial charge in [-0.15, -0.1) is 0 Å². The van der Waals surface area contributed by atoms with Crippen molar-refractivity contribution in [1.82, 2.24) is 13.7 Å². The molecule has 0 saturated carbocycles. The van der Waals surface area contributed by atoms with Gasteiger partial charge in [-0.1, -0.05) is 36.4 Å². The van der Waals surface area contributed by atoms with Gasteiger partial charge in [0, 0.05) is 54.2 Å². The molecule has 0 amide bonds. The fourth-order valence-corrected chi connectivity index (χ4v) is 5.13. The van der Waals surface area contributed by atoms with Crippen LogP contribution < -0.4 is 0 Å². The van der Waals surface area contributed by atoms with E-state index in [9.17, 15) is 0 Å². The van der Waals surface area contributed by atoms with Gasteiger partial charge in [0.2, 0.25) is 0 Å². The second-order valence-electron chi connectivity index (χ2n) is 9.71. The lowest BCUT2D eigenvalue weighted by Gasteiger charge is -2.13. The molecule has 39 heavy (non-hydrogen) atoms. The second-order valence-corrected chi connectivity index (χ2v) is 9.71. The highest BCUT2D eigenvalue weighted by Crippen LogP contribution is 2.34. The molecule has 0 N–H and O–H groups in total. The lowest BCUT2D eigenvalue weighted by molar-refractivity contribution is 1.08. The standard InChI is InChI=1S/C36H27N3/c1-2-20-37(19-1)34-13-7-28(8-14-34)31-25-32(29-9-15-35(16-10-29)38-21-3-4-22-38)27-33(26-31)30-11-17-36(18-12-30)39-23-5-6-24-39/h1-27H. The number of hydrogen-bond acceptors (Lipinski definition) is 0. The van der Waals surface area contributed by atoms with E-state index < -0.39 is 0 Å². The van der Waals surface area contributed by atoms with Crippen molar-refractivity contribution in [1.29, 1.82) is 0 Å². The maximum atomic E-state index is 2.30. The zero-order valence-electron chi connectivity index (χ0n) is 21.4. The van der Waals surface area contributed by atoms with E-state index in [0.29, 0.717) is 0 Å². The molecule has 0 bridgehead atoms. The molecule has 3 heterocycles. The van der Waals surface area contributed by atoms with Crippen LogP contribution in [0, 0.1) is 0 Å². The van der Waals surface area contributed by atoms with Crippen molar-refractivity contribution in [2.45, 2.75) is 0 Å². The minimum Gasteiger partial charge on any atom is -0.324 e. The topological polar surface area (TPSA) is 14.8 Å². The summed E-state index contributed by atoms with van der Waals surface area (Å²) in [6.07, 6.45) is 12.4. The van der Waals surface area contributed by atoms with Crippen LogP contribution >= 0.6 is 0 Å². The first kappa shape index (κ1) is 22.9. The van der Waals surface area contributed by atoms with Gasteiger partial charge < -0.3 is 13.7 Å². The number of aromatic nitrogens is 3. The highest BCUT2D eigenvalue weighted by Gasteiger charge is 2.09. The molecule has 3 heteroatoms. The third-order valence-corrected chi connectivity index (χ3v) is 7.24. The van der Waals surface area contributed by atoms with Crippen molar-refractivity contribution in [3.63, 3.8) is 0 Å². The summed E-state index contributed by atoms with van der Waals surface area (Å²) in [5.41, 5.74) is 10.6. The fraction of sp³-hybridized carbons (Fsp3) is 0. The molecule has 0 aliphatic rings. The SMILES string of the molecule is c1ccn(-c2ccc(-c3cc(-c4ccc(-n5cccc5)cc4)cc(-c4ccc(-n5cccc5)cc4)c3)cc2)c1. The van der Waals surface area contributed by atoms with E-state index in [0.717, 1.165) is 17.1 Å². The van der Waals surface area contributed by atoms with Gasteiger partial charge in [0.25, 0.3) is 0 Å². The van der Waals surface area contributed by atoms with Gasteiger partial charge in [-0.3, -0.25) is 0 Å². The molecule has 3 nitrogen and oxygen atoms in total. The largest absolute Gasteiger partial charge is 0.324 e. The molecule has 7 aromatic rings. The molecule has 186 valence electrons. The monoisotopic (exact) mass is 501 g/mol. The molecule has 0 radical (unpaired) electrons. The third kappa shape index (κ3) is 4.62.